The summed E-state index contributed by atoms with van der Waals surface area (Å²) in [6.45, 7) is 4.20. The molecule has 0 N–H and O–H groups in total. The highest BCUT2D eigenvalue weighted by atomic mass is 16.1. The Morgan fingerprint density at radius 3 is 2.40 bits per heavy atom. The van der Waals surface area contributed by atoms with E-state index in [9.17, 15) is 4.79 Å². The summed E-state index contributed by atoms with van der Waals surface area (Å²) in [5, 5.41) is 0. The van der Waals surface area contributed by atoms with Crippen molar-refractivity contribution in [2.24, 2.45) is 0 Å². The number of hydrogen-bond acceptors (Lipinski definition) is 2. The van der Waals surface area contributed by atoms with Gasteiger partial charge in [0.15, 0.2) is 5.78 Å². The van der Waals surface area contributed by atoms with Gasteiger partial charge in [0.05, 0.1) is 5.54 Å². The first-order valence-corrected chi connectivity index (χ1v) is 7.72. The second kappa shape index (κ2) is 6.09. The zero-order chi connectivity index (χ0) is 14.8. The number of benzene rings is 1. The molecule has 0 saturated heterocycles. The number of ketones is 1. The van der Waals surface area contributed by atoms with Crippen LogP contribution in [0.4, 0.5) is 0 Å². The van der Waals surface area contributed by atoms with E-state index in [0.717, 1.165) is 12.8 Å². The fraction of sp³-hybridized carbons (Fsp3) is 0.611. The lowest BCUT2D eigenvalue weighted by atomic mass is 9.75. The molecule has 0 aromatic heterocycles. The SMILES string of the molecule is Cc1ccc(C)c(CC(=O)C2(N(C)C)CCCCC2)c1. The number of hydrogen-bond donors (Lipinski definition) is 0. The van der Waals surface area contributed by atoms with Crippen molar-refractivity contribution in [1.82, 2.24) is 4.90 Å². The van der Waals surface area contributed by atoms with Gasteiger partial charge in [-0.15, -0.1) is 0 Å². The van der Waals surface area contributed by atoms with Gasteiger partial charge in [-0.1, -0.05) is 43.0 Å². The highest BCUT2D eigenvalue weighted by Gasteiger charge is 2.40. The van der Waals surface area contributed by atoms with Gasteiger partial charge >= 0.3 is 0 Å². The Morgan fingerprint density at radius 1 is 1.15 bits per heavy atom. The lowest BCUT2D eigenvalue weighted by molar-refractivity contribution is -0.131. The van der Waals surface area contributed by atoms with E-state index in [4.69, 9.17) is 0 Å². The molecule has 1 aliphatic rings. The van der Waals surface area contributed by atoms with Crippen LogP contribution in [0, 0.1) is 13.8 Å². The predicted octanol–water partition coefficient (Wildman–Crippen LogP) is 3.68. The minimum absolute atomic E-state index is 0.228. The van der Waals surface area contributed by atoms with Crippen LogP contribution in [0.25, 0.3) is 0 Å². The molecule has 20 heavy (non-hydrogen) atoms. The Kier molecular flexibility index (Phi) is 4.64. The summed E-state index contributed by atoms with van der Waals surface area (Å²) in [6, 6.07) is 6.41. The van der Waals surface area contributed by atoms with Gasteiger partial charge in [-0.25, -0.2) is 0 Å². The molecule has 0 amide bonds. The summed E-state index contributed by atoms with van der Waals surface area (Å²) in [4.78, 5) is 15.1. The zero-order valence-electron chi connectivity index (χ0n) is 13.3. The highest BCUT2D eigenvalue weighted by molar-refractivity contribution is 5.90. The van der Waals surface area contributed by atoms with Crippen molar-refractivity contribution >= 4 is 5.78 Å². The molecule has 0 radical (unpaired) electrons. The molecule has 1 aliphatic carbocycles. The molecule has 1 saturated carbocycles. The number of aryl methyl sites for hydroxylation is 2. The summed E-state index contributed by atoms with van der Waals surface area (Å²) in [5.41, 5.74) is 3.44. The second-order valence-corrected chi connectivity index (χ2v) is 6.52. The molecule has 1 fully saturated rings. The first-order chi connectivity index (χ1) is 9.45. The number of Topliss-reactive ketones (excluding diaryl/α,β-unsaturated/α-hetero) is 1. The third-order valence-electron chi connectivity index (χ3n) is 4.91. The minimum atomic E-state index is -0.228. The van der Waals surface area contributed by atoms with Crippen LogP contribution in [-0.2, 0) is 11.2 Å². The monoisotopic (exact) mass is 273 g/mol. The van der Waals surface area contributed by atoms with Crippen LogP contribution < -0.4 is 0 Å². The van der Waals surface area contributed by atoms with Crippen LogP contribution in [0.5, 0.6) is 0 Å². The summed E-state index contributed by atoms with van der Waals surface area (Å²) >= 11 is 0. The van der Waals surface area contributed by atoms with Crippen molar-refractivity contribution in [3.05, 3.63) is 34.9 Å². The van der Waals surface area contributed by atoms with E-state index < -0.39 is 0 Å². The Labute approximate surface area is 123 Å². The number of nitrogens with zero attached hydrogens (tertiary/aromatic N) is 1. The number of carbonyl (C=O) groups excluding carboxylic acids is 1. The first-order valence-electron chi connectivity index (χ1n) is 7.72. The van der Waals surface area contributed by atoms with E-state index in [-0.39, 0.29) is 5.54 Å². The van der Waals surface area contributed by atoms with Crippen LogP contribution >= 0.6 is 0 Å². The van der Waals surface area contributed by atoms with E-state index in [1.54, 1.807) is 0 Å². The van der Waals surface area contributed by atoms with E-state index >= 15 is 0 Å². The summed E-state index contributed by atoms with van der Waals surface area (Å²) in [7, 11) is 4.12. The summed E-state index contributed by atoms with van der Waals surface area (Å²) < 4.78 is 0. The minimum Gasteiger partial charge on any atom is -0.297 e. The Morgan fingerprint density at radius 2 is 1.80 bits per heavy atom. The van der Waals surface area contributed by atoms with Crippen molar-refractivity contribution < 1.29 is 4.79 Å². The lowest BCUT2D eigenvalue weighted by Gasteiger charge is -2.41. The molecule has 2 nitrogen and oxygen atoms in total. The molecule has 1 aromatic rings. The average Bonchev–Trinajstić information content (AvgIpc) is 2.43. The maximum atomic E-state index is 13.0. The molecule has 0 heterocycles. The molecule has 0 bridgehead atoms. The average molecular weight is 273 g/mol. The van der Waals surface area contributed by atoms with E-state index in [1.807, 2.05) is 0 Å². The predicted molar refractivity (Wildman–Crippen MR) is 84.1 cm³/mol. The van der Waals surface area contributed by atoms with Gasteiger partial charge in [0, 0.05) is 6.42 Å². The Balaban J connectivity index is 2.22. The van der Waals surface area contributed by atoms with Crippen molar-refractivity contribution in [3.63, 3.8) is 0 Å². The fourth-order valence-electron chi connectivity index (χ4n) is 3.44. The van der Waals surface area contributed by atoms with Crippen LogP contribution in [0.15, 0.2) is 18.2 Å². The van der Waals surface area contributed by atoms with Crippen LogP contribution in [0.2, 0.25) is 0 Å². The smallest absolute Gasteiger partial charge is 0.157 e. The van der Waals surface area contributed by atoms with Gasteiger partial charge in [-0.3, -0.25) is 9.69 Å². The number of likely N-dealkylation sites (N-methyl/N-ethyl adjacent to an activating group) is 1. The van der Waals surface area contributed by atoms with Crippen molar-refractivity contribution in [2.75, 3.05) is 14.1 Å². The maximum Gasteiger partial charge on any atom is 0.157 e. The van der Waals surface area contributed by atoms with E-state index in [0.29, 0.717) is 12.2 Å². The highest BCUT2D eigenvalue weighted by Crippen LogP contribution is 2.34. The normalized spacial score (nSPS) is 18.2. The summed E-state index contributed by atoms with van der Waals surface area (Å²) in [6.07, 6.45) is 6.23. The molecular formula is C18H27NO. The van der Waals surface area contributed by atoms with Gasteiger partial charge in [0.2, 0.25) is 0 Å². The van der Waals surface area contributed by atoms with Gasteiger partial charge in [-0.05, 0) is 51.9 Å². The molecule has 0 unspecified atom stereocenters. The van der Waals surface area contributed by atoms with Crippen LogP contribution in [0.3, 0.4) is 0 Å². The lowest BCUT2D eigenvalue weighted by Crippen LogP contribution is -2.53. The van der Waals surface area contributed by atoms with Crippen LogP contribution in [-0.4, -0.2) is 30.3 Å². The molecule has 2 rings (SSSR count). The molecule has 2 heteroatoms. The van der Waals surface area contributed by atoms with Crippen molar-refractivity contribution in [2.45, 2.75) is 57.9 Å². The summed E-state index contributed by atoms with van der Waals surface area (Å²) in [5.74, 6) is 0.399. The van der Waals surface area contributed by atoms with Gasteiger partial charge in [-0.2, -0.15) is 0 Å². The van der Waals surface area contributed by atoms with Gasteiger partial charge in [0.25, 0.3) is 0 Å². The molecular weight excluding hydrogens is 246 g/mol. The van der Waals surface area contributed by atoms with E-state index in [2.05, 4.69) is 51.0 Å². The van der Waals surface area contributed by atoms with Crippen molar-refractivity contribution in [1.29, 1.82) is 0 Å². The van der Waals surface area contributed by atoms with E-state index in [1.165, 1.54) is 36.0 Å². The zero-order valence-corrected chi connectivity index (χ0v) is 13.3. The third-order valence-corrected chi connectivity index (χ3v) is 4.91. The van der Waals surface area contributed by atoms with Gasteiger partial charge in [0.1, 0.15) is 0 Å². The van der Waals surface area contributed by atoms with Crippen molar-refractivity contribution in [3.8, 4) is 0 Å². The maximum absolute atomic E-state index is 13.0. The Hall–Kier alpha value is -1.15. The van der Waals surface area contributed by atoms with Crippen LogP contribution in [0.1, 0.15) is 48.8 Å². The third kappa shape index (κ3) is 2.95. The standard InChI is InChI=1S/C18H27NO/c1-14-8-9-15(2)16(12-14)13-17(20)18(19(3)4)10-6-5-7-11-18/h8-9,12H,5-7,10-11,13H2,1-4H3. The number of rotatable bonds is 4. The molecule has 0 aliphatic heterocycles. The molecule has 110 valence electrons. The Bertz CT molecular complexity index is 484. The number of carbonyl (C=O) groups is 1. The molecule has 1 aromatic carbocycles. The molecule has 0 atom stereocenters. The van der Waals surface area contributed by atoms with Gasteiger partial charge < -0.3 is 0 Å². The quantitative estimate of drug-likeness (QED) is 0.834. The largest absolute Gasteiger partial charge is 0.297 e. The second-order valence-electron chi connectivity index (χ2n) is 6.52. The molecule has 0 spiro atoms. The fourth-order valence-corrected chi connectivity index (χ4v) is 3.44. The first kappa shape index (κ1) is 15.2. The topological polar surface area (TPSA) is 20.3 Å².